The number of nitro groups is 1. The summed E-state index contributed by atoms with van der Waals surface area (Å²) in [5.74, 6) is 5.42. The molecule has 2 rings (SSSR count). The molecule has 17 heavy (non-hydrogen) atoms. The molecule has 10 heteroatoms. The van der Waals surface area contributed by atoms with Crippen LogP contribution >= 0.6 is 23.1 Å². The Kier molecular flexibility index (Phi) is 3.46. The van der Waals surface area contributed by atoms with Gasteiger partial charge < -0.3 is 5.43 Å². The summed E-state index contributed by atoms with van der Waals surface area (Å²) in [5, 5.41) is 18.6. The molecule has 0 atom stereocenters. The first kappa shape index (κ1) is 11.7. The third kappa shape index (κ3) is 2.87. The average molecular weight is 270 g/mol. The van der Waals surface area contributed by atoms with Crippen molar-refractivity contribution in [3.05, 3.63) is 27.8 Å². The molecule has 88 valence electrons. The standard InChI is InChI=1S/C7H6N6O2S2/c8-11-5-1-4(13(14)15)2-6(10-5)17-7-12-9-3-16-7/h1-3H,8H2,(H,10,11). The second-order valence-corrected chi connectivity index (χ2v) is 4.86. The molecule has 0 aliphatic rings. The molecular formula is C7H6N6O2S2. The summed E-state index contributed by atoms with van der Waals surface area (Å²) in [7, 11) is 0. The van der Waals surface area contributed by atoms with Crippen LogP contribution in [0.4, 0.5) is 11.5 Å². The van der Waals surface area contributed by atoms with Crippen molar-refractivity contribution in [2.24, 2.45) is 5.84 Å². The van der Waals surface area contributed by atoms with Gasteiger partial charge in [-0.1, -0.05) is 11.3 Å². The quantitative estimate of drug-likeness (QED) is 0.484. The Bertz CT molecular complexity index is 531. The van der Waals surface area contributed by atoms with E-state index in [4.69, 9.17) is 5.84 Å². The maximum Gasteiger partial charge on any atom is 0.275 e. The predicted octanol–water partition coefficient (Wildman–Crippen LogP) is 1.28. The molecule has 2 heterocycles. The van der Waals surface area contributed by atoms with E-state index in [1.807, 2.05) is 0 Å². The van der Waals surface area contributed by atoms with E-state index in [1.54, 1.807) is 5.51 Å². The fourth-order valence-electron chi connectivity index (χ4n) is 1.02. The predicted molar refractivity (Wildman–Crippen MR) is 62.7 cm³/mol. The molecule has 8 nitrogen and oxygen atoms in total. The number of nitrogens with one attached hydrogen (secondary N) is 1. The largest absolute Gasteiger partial charge is 0.308 e. The first-order valence-electron chi connectivity index (χ1n) is 4.26. The van der Waals surface area contributed by atoms with E-state index in [0.717, 1.165) is 0 Å². The average Bonchev–Trinajstić information content (AvgIpc) is 2.81. The van der Waals surface area contributed by atoms with Crippen molar-refractivity contribution >= 4 is 34.6 Å². The summed E-state index contributed by atoms with van der Waals surface area (Å²) in [5.41, 5.74) is 3.77. The summed E-state index contributed by atoms with van der Waals surface area (Å²) >= 11 is 2.51. The van der Waals surface area contributed by atoms with Crippen LogP contribution in [0.25, 0.3) is 0 Å². The van der Waals surface area contributed by atoms with Gasteiger partial charge in [0.25, 0.3) is 5.69 Å². The highest BCUT2D eigenvalue weighted by atomic mass is 32.2. The lowest BCUT2D eigenvalue weighted by molar-refractivity contribution is -0.385. The molecule has 0 saturated heterocycles. The first-order valence-corrected chi connectivity index (χ1v) is 5.96. The first-order chi connectivity index (χ1) is 8.19. The maximum absolute atomic E-state index is 10.7. The Morgan fingerprint density at radius 3 is 2.94 bits per heavy atom. The van der Waals surface area contributed by atoms with E-state index in [1.165, 1.54) is 35.2 Å². The van der Waals surface area contributed by atoms with E-state index < -0.39 is 4.92 Å². The van der Waals surface area contributed by atoms with Crippen LogP contribution in [0, 0.1) is 10.1 Å². The number of hydrogen-bond donors (Lipinski definition) is 2. The third-order valence-corrected chi connectivity index (χ3v) is 3.37. The molecule has 3 N–H and O–H groups in total. The molecule has 0 fully saturated rings. The van der Waals surface area contributed by atoms with Crippen LogP contribution in [0.3, 0.4) is 0 Å². The Balaban J connectivity index is 2.33. The van der Waals surface area contributed by atoms with E-state index in [-0.39, 0.29) is 11.5 Å². The van der Waals surface area contributed by atoms with Crippen molar-refractivity contribution in [3.8, 4) is 0 Å². The summed E-state index contributed by atoms with van der Waals surface area (Å²) in [6.45, 7) is 0. The molecule has 0 unspecified atom stereocenters. The SMILES string of the molecule is NNc1cc([N+](=O)[O-])cc(Sc2nncs2)n1. The van der Waals surface area contributed by atoms with Gasteiger partial charge in [0.15, 0.2) is 4.34 Å². The minimum atomic E-state index is -0.507. The fraction of sp³-hybridized carbons (Fsp3) is 0. The summed E-state index contributed by atoms with van der Waals surface area (Å²) < 4.78 is 0.654. The number of nitrogen functional groups attached to an aromatic ring is 1. The smallest absolute Gasteiger partial charge is 0.275 e. The second kappa shape index (κ2) is 5.03. The highest BCUT2D eigenvalue weighted by molar-refractivity contribution is 8.00. The number of hydrogen-bond acceptors (Lipinski definition) is 9. The van der Waals surface area contributed by atoms with Crippen LogP contribution < -0.4 is 11.3 Å². The number of pyridine rings is 1. The zero-order chi connectivity index (χ0) is 12.3. The van der Waals surface area contributed by atoms with Crippen LogP contribution in [0.5, 0.6) is 0 Å². The van der Waals surface area contributed by atoms with Gasteiger partial charge in [-0.3, -0.25) is 10.1 Å². The zero-order valence-corrected chi connectivity index (χ0v) is 9.86. The van der Waals surface area contributed by atoms with Gasteiger partial charge in [0.1, 0.15) is 16.4 Å². The van der Waals surface area contributed by atoms with Crippen molar-refractivity contribution in [2.75, 3.05) is 5.43 Å². The van der Waals surface area contributed by atoms with Gasteiger partial charge >= 0.3 is 0 Å². The number of anilines is 1. The van der Waals surface area contributed by atoms with Gasteiger partial charge in [-0.05, 0) is 11.8 Å². The lowest BCUT2D eigenvalue weighted by Crippen LogP contribution is -2.09. The molecule has 0 aromatic carbocycles. The monoisotopic (exact) mass is 270 g/mol. The molecule has 0 bridgehead atoms. The highest BCUT2D eigenvalue weighted by Crippen LogP contribution is 2.30. The molecule has 0 radical (unpaired) electrons. The van der Waals surface area contributed by atoms with Crippen LogP contribution in [-0.4, -0.2) is 20.1 Å². The molecule has 0 saturated carbocycles. The molecule has 2 aromatic heterocycles. The molecule has 0 amide bonds. The number of nitrogens with two attached hydrogens (primary N) is 1. The van der Waals surface area contributed by atoms with Crippen LogP contribution in [0.15, 0.2) is 27.0 Å². The molecular weight excluding hydrogens is 264 g/mol. The molecule has 2 aromatic rings. The Morgan fingerprint density at radius 2 is 2.35 bits per heavy atom. The maximum atomic E-state index is 10.7. The molecule has 0 aliphatic heterocycles. The van der Waals surface area contributed by atoms with E-state index >= 15 is 0 Å². The Labute approximate surface area is 103 Å². The minimum absolute atomic E-state index is 0.0834. The van der Waals surface area contributed by atoms with Gasteiger partial charge in [-0.15, -0.1) is 10.2 Å². The van der Waals surface area contributed by atoms with Crippen LogP contribution in [0.1, 0.15) is 0 Å². The molecule has 0 aliphatic carbocycles. The lowest BCUT2D eigenvalue weighted by atomic mass is 10.4. The van der Waals surface area contributed by atoms with Crippen LogP contribution in [0.2, 0.25) is 0 Å². The third-order valence-electron chi connectivity index (χ3n) is 1.68. The van der Waals surface area contributed by atoms with Gasteiger partial charge in [-0.25, -0.2) is 10.8 Å². The van der Waals surface area contributed by atoms with Crippen LogP contribution in [-0.2, 0) is 0 Å². The number of nitrogens with zero attached hydrogens (tertiary/aromatic N) is 4. The summed E-state index contributed by atoms with van der Waals surface area (Å²) in [6.07, 6.45) is 0. The van der Waals surface area contributed by atoms with E-state index in [2.05, 4.69) is 20.6 Å². The Morgan fingerprint density at radius 1 is 1.53 bits per heavy atom. The van der Waals surface area contributed by atoms with Gasteiger partial charge in [-0.2, -0.15) is 0 Å². The van der Waals surface area contributed by atoms with Crippen molar-refractivity contribution < 1.29 is 4.92 Å². The van der Waals surface area contributed by atoms with E-state index in [0.29, 0.717) is 9.37 Å². The summed E-state index contributed by atoms with van der Waals surface area (Å²) in [4.78, 5) is 14.3. The fourth-order valence-corrected chi connectivity index (χ4v) is 2.47. The van der Waals surface area contributed by atoms with E-state index in [9.17, 15) is 10.1 Å². The number of aromatic nitrogens is 3. The van der Waals surface area contributed by atoms with Gasteiger partial charge in [0.05, 0.1) is 11.0 Å². The summed E-state index contributed by atoms with van der Waals surface area (Å²) in [6, 6.07) is 2.61. The normalized spacial score (nSPS) is 10.2. The highest BCUT2D eigenvalue weighted by Gasteiger charge is 2.12. The topological polar surface area (TPSA) is 120 Å². The van der Waals surface area contributed by atoms with Crippen molar-refractivity contribution in [3.63, 3.8) is 0 Å². The van der Waals surface area contributed by atoms with Gasteiger partial charge in [0, 0.05) is 6.07 Å². The number of hydrazine groups is 1. The van der Waals surface area contributed by atoms with Crippen molar-refractivity contribution in [1.82, 2.24) is 15.2 Å². The van der Waals surface area contributed by atoms with Crippen molar-refractivity contribution in [2.45, 2.75) is 9.37 Å². The number of rotatable bonds is 4. The minimum Gasteiger partial charge on any atom is -0.308 e. The lowest BCUT2D eigenvalue weighted by Gasteiger charge is -2.02. The van der Waals surface area contributed by atoms with Gasteiger partial charge in [0.2, 0.25) is 0 Å². The zero-order valence-electron chi connectivity index (χ0n) is 8.23. The Hall–Kier alpha value is -1.78. The second-order valence-electron chi connectivity index (χ2n) is 2.76. The van der Waals surface area contributed by atoms with Crippen molar-refractivity contribution in [1.29, 1.82) is 0 Å². The molecule has 0 spiro atoms.